The van der Waals surface area contributed by atoms with Crippen molar-refractivity contribution in [3.05, 3.63) is 61.0 Å². The zero-order valence-electron chi connectivity index (χ0n) is 15.1. The summed E-state index contributed by atoms with van der Waals surface area (Å²) in [6.45, 7) is 6.41. The molecule has 1 saturated heterocycles. The third-order valence-electron chi connectivity index (χ3n) is 4.19. The van der Waals surface area contributed by atoms with Gasteiger partial charge in [0.2, 0.25) is 0 Å². The summed E-state index contributed by atoms with van der Waals surface area (Å²) >= 11 is 0. The molecule has 6 nitrogen and oxygen atoms in total. The molecule has 2 aromatic heterocycles. The van der Waals surface area contributed by atoms with E-state index in [-0.39, 0.29) is 35.8 Å². The number of hydrogen-bond acceptors (Lipinski definition) is 4. The van der Waals surface area contributed by atoms with Crippen molar-refractivity contribution in [1.82, 2.24) is 15.6 Å². The van der Waals surface area contributed by atoms with E-state index in [1.54, 1.807) is 24.6 Å². The zero-order chi connectivity index (χ0) is 18.2. The Morgan fingerprint density at radius 3 is 3.07 bits per heavy atom. The summed E-state index contributed by atoms with van der Waals surface area (Å²) in [5.41, 5.74) is 0. The summed E-state index contributed by atoms with van der Waals surface area (Å²) in [7, 11) is 0. The number of hydrogen-bond donors (Lipinski definition) is 2. The summed E-state index contributed by atoms with van der Waals surface area (Å²) < 4.78 is 19.2. The van der Waals surface area contributed by atoms with Gasteiger partial charge >= 0.3 is 0 Å². The fourth-order valence-electron chi connectivity index (χ4n) is 2.93. The van der Waals surface area contributed by atoms with Crippen LogP contribution in [-0.4, -0.2) is 43.2 Å². The summed E-state index contributed by atoms with van der Waals surface area (Å²) in [5, 5.41) is 6.64. The molecule has 0 radical (unpaired) electrons. The topological polar surface area (TPSA) is 65.7 Å². The fraction of sp³-hybridized carbons (Fsp3) is 0.368. The van der Waals surface area contributed by atoms with Crippen LogP contribution >= 0.6 is 24.0 Å². The molecular weight excluding hydrogens is 460 g/mol. The third kappa shape index (κ3) is 6.23. The molecule has 1 unspecified atom stereocenters. The number of anilines is 1. The highest BCUT2D eigenvalue weighted by Gasteiger charge is 2.25. The van der Waals surface area contributed by atoms with Gasteiger partial charge in [-0.1, -0.05) is 6.08 Å². The van der Waals surface area contributed by atoms with Crippen molar-refractivity contribution in [3.63, 3.8) is 0 Å². The van der Waals surface area contributed by atoms with E-state index in [2.05, 4.69) is 27.2 Å². The first kappa shape index (κ1) is 21.2. The Balaban J connectivity index is 0.00000261. The van der Waals surface area contributed by atoms with Crippen LogP contribution in [0.2, 0.25) is 0 Å². The van der Waals surface area contributed by atoms with Gasteiger partial charge < -0.3 is 20.0 Å². The molecule has 0 amide bonds. The van der Waals surface area contributed by atoms with Crippen molar-refractivity contribution in [2.45, 2.75) is 18.9 Å². The SMILES string of the molecule is C=CCNC(=NCCc1ccco1)NC1CCN(c2ncccc2F)C1.I. The van der Waals surface area contributed by atoms with Crippen LogP contribution in [0.15, 0.2) is 58.8 Å². The summed E-state index contributed by atoms with van der Waals surface area (Å²) in [5.74, 6) is 1.76. The molecule has 0 saturated carbocycles. The van der Waals surface area contributed by atoms with Crippen molar-refractivity contribution >= 4 is 35.8 Å². The van der Waals surface area contributed by atoms with Gasteiger partial charge in [0.15, 0.2) is 17.6 Å². The lowest BCUT2D eigenvalue weighted by Gasteiger charge is -2.20. The Morgan fingerprint density at radius 2 is 2.33 bits per heavy atom. The number of nitrogens with zero attached hydrogens (tertiary/aromatic N) is 3. The van der Waals surface area contributed by atoms with Crippen molar-refractivity contribution in [3.8, 4) is 0 Å². The monoisotopic (exact) mass is 485 g/mol. The highest BCUT2D eigenvalue weighted by molar-refractivity contribution is 14.0. The summed E-state index contributed by atoms with van der Waals surface area (Å²) in [4.78, 5) is 10.7. The summed E-state index contributed by atoms with van der Waals surface area (Å²) in [6.07, 6.45) is 6.70. The fourth-order valence-corrected chi connectivity index (χ4v) is 2.93. The first-order valence-corrected chi connectivity index (χ1v) is 8.80. The largest absolute Gasteiger partial charge is 0.469 e. The molecule has 0 aliphatic carbocycles. The molecule has 1 fully saturated rings. The highest BCUT2D eigenvalue weighted by Crippen LogP contribution is 2.20. The molecule has 2 N–H and O–H groups in total. The maximum Gasteiger partial charge on any atom is 0.191 e. The second-order valence-corrected chi connectivity index (χ2v) is 6.11. The van der Waals surface area contributed by atoms with Crippen molar-refractivity contribution < 1.29 is 8.81 Å². The average Bonchev–Trinajstić information content (AvgIpc) is 3.32. The second-order valence-electron chi connectivity index (χ2n) is 6.11. The molecule has 1 atom stereocenters. The Morgan fingerprint density at radius 1 is 1.44 bits per heavy atom. The molecule has 3 heterocycles. The van der Waals surface area contributed by atoms with Crippen LogP contribution in [0.4, 0.5) is 10.2 Å². The minimum Gasteiger partial charge on any atom is -0.469 e. The maximum absolute atomic E-state index is 13.9. The molecule has 27 heavy (non-hydrogen) atoms. The molecule has 1 aliphatic rings. The predicted molar refractivity (Wildman–Crippen MR) is 116 cm³/mol. The lowest BCUT2D eigenvalue weighted by atomic mass is 10.3. The van der Waals surface area contributed by atoms with Crippen molar-refractivity contribution in [2.24, 2.45) is 4.99 Å². The number of furan rings is 1. The molecule has 0 bridgehead atoms. The van der Waals surface area contributed by atoms with Crippen LogP contribution in [-0.2, 0) is 6.42 Å². The van der Waals surface area contributed by atoms with E-state index < -0.39 is 0 Å². The molecule has 0 spiro atoms. The minimum atomic E-state index is -0.287. The first-order valence-electron chi connectivity index (χ1n) is 8.80. The standard InChI is InChI=1S/C19H24FN5O.HI/c1-2-9-22-19(23-11-7-16-5-4-13-26-16)24-15-8-12-25(14-15)18-17(20)6-3-10-21-18;/h2-6,10,13,15H,1,7-9,11-12,14H2,(H2,22,23,24);1H. The van der Waals surface area contributed by atoms with Gasteiger partial charge in [0.05, 0.1) is 6.26 Å². The van der Waals surface area contributed by atoms with Crippen LogP contribution in [0.3, 0.4) is 0 Å². The molecule has 146 valence electrons. The van der Waals surface area contributed by atoms with Gasteiger partial charge in [0, 0.05) is 44.8 Å². The molecule has 1 aliphatic heterocycles. The number of guanidine groups is 1. The molecule has 2 aromatic rings. The van der Waals surface area contributed by atoms with E-state index >= 15 is 0 Å². The van der Waals surface area contributed by atoms with Gasteiger partial charge in [-0.05, 0) is 30.7 Å². The van der Waals surface area contributed by atoms with Crippen LogP contribution in [0.5, 0.6) is 0 Å². The third-order valence-corrected chi connectivity index (χ3v) is 4.19. The molecule has 8 heteroatoms. The van der Waals surface area contributed by atoms with Gasteiger partial charge in [-0.2, -0.15) is 0 Å². The predicted octanol–water partition coefficient (Wildman–Crippen LogP) is 2.97. The van der Waals surface area contributed by atoms with Gasteiger partial charge in [0.25, 0.3) is 0 Å². The average molecular weight is 485 g/mol. The Hall–Kier alpha value is -2.10. The normalized spacial score (nSPS) is 16.7. The van der Waals surface area contributed by atoms with Gasteiger partial charge in [0.1, 0.15) is 5.76 Å². The van der Waals surface area contributed by atoms with Gasteiger partial charge in [-0.3, -0.25) is 4.99 Å². The number of nitrogens with one attached hydrogen (secondary N) is 2. The summed E-state index contributed by atoms with van der Waals surface area (Å²) in [6, 6.07) is 7.04. The molecule has 3 rings (SSSR count). The van der Waals surface area contributed by atoms with Crippen molar-refractivity contribution in [1.29, 1.82) is 0 Å². The minimum absolute atomic E-state index is 0. The molecular formula is C19H25FIN5O. The van der Waals surface area contributed by atoms with Gasteiger partial charge in [-0.25, -0.2) is 9.37 Å². The maximum atomic E-state index is 13.9. The second kappa shape index (κ2) is 10.9. The van der Waals surface area contributed by atoms with E-state index in [0.29, 0.717) is 25.5 Å². The van der Waals surface area contributed by atoms with E-state index in [1.165, 1.54) is 6.07 Å². The Kier molecular flexibility index (Phi) is 8.56. The lowest BCUT2D eigenvalue weighted by Crippen LogP contribution is -2.45. The number of aliphatic imine (C=N–C) groups is 1. The highest BCUT2D eigenvalue weighted by atomic mass is 127. The van der Waals surface area contributed by atoms with E-state index in [0.717, 1.165) is 31.1 Å². The zero-order valence-corrected chi connectivity index (χ0v) is 17.4. The quantitative estimate of drug-likeness (QED) is 0.273. The Labute approximate surface area is 176 Å². The number of aromatic nitrogens is 1. The number of pyridine rings is 1. The van der Waals surface area contributed by atoms with E-state index in [1.807, 2.05) is 17.0 Å². The van der Waals surface area contributed by atoms with Crippen LogP contribution in [0.25, 0.3) is 0 Å². The Bertz CT molecular complexity index is 737. The first-order chi connectivity index (χ1) is 12.8. The van der Waals surface area contributed by atoms with Crippen LogP contribution < -0.4 is 15.5 Å². The van der Waals surface area contributed by atoms with Gasteiger partial charge in [-0.15, -0.1) is 30.6 Å². The molecule has 0 aromatic carbocycles. The van der Waals surface area contributed by atoms with E-state index in [4.69, 9.17) is 4.42 Å². The van der Waals surface area contributed by atoms with Crippen LogP contribution in [0.1, 0.15) is 12.2 Å². The lowest BCUT2D eigenvalue weighted by molar-refractivity contribution is 0.510. The van der Waals surface area contributed by atoms with Crippen LogP contribution in [0, 0.1) is 5.82 Å². The number of halogens is 2. The smallest absolute Gasteiger partial charge is 0.191 e. The van der Waals surface area contributed by atoms with E-state index in [9.17, 15) is 4.39 Å². The number of rotatable bonds is 7. The van der Waals surface area contributed by atoms with Crippen molar-refractivity contribution in [2.75, 3.05) is 31.1 Å².